The summed E-state index contributed by atoms with van der Waals surface area (Å²) in [7, 11) is 0. The van der Waals surface area contributed by atoms with Crippen molar-refractivity contribution in [3.63, 3.8) is 0 Å². The van der Waals surface area contributed by atoms with E-state index < -0.39 is 0 Å². The zero-order chi connectivity index (χ0) is 19.1. The maximum Gasteiger partial charge on any atom is 0.255 e. The van der Waals surface area contributed by atoms with Crippen molar-refractivity contribution in [3.8, 4) is 0 Å². The Morgan fingerprint density at radius 1 is 1.00 bits per heavy atom. The Bertz CT molecular complexity index is 781. The van der Waals surface area contributed by atoms with Crippen LogP contribution in [0.4, 0.5) is 5.69 Å². The van der Waals surface area contributed by atoms with Crippen LogP contribution >= 0.6 is 0 Å². The highest BCUT2D eigenvalue weighted by atomic mass is 16.2. The average Bonchev–Trinajstić information content (AvgIpc) is 2.63. The summed E-state index contributed by atoms with van der Waals surface area (Å²) in [6, 6.07) is 12.9. The van der Waals surface area contributed by atoms with E-state index in [4.69, 9.17) is 0 Å². The summed E-state index contributed by atoms with van der Waals surface area (Å²) in [5.41, 5.74) is 3.96. The van der Waals surface area contributed by atoms with Crippen molar-refractivity contribution in [3.05, 3.63) is 64.7 Å². The van der Waals surface area contributed by atoms with Crippen LogP contribution in [0.2, 0.25) is 0 Å². The molecule has 2 amide bonds. The van der Waals surface area contributed by atoms with Crippen LogP contribution in [0.1, 0.15) is 71.4 Å². The van der Waals surface area contributed by atoms with Crippen LogP contribution in [0, 0.1) is 6.92 Å². The summed E-state index contributed by atoms with van der Waals surface area (Å²) in [6.45, 7) is 8.91. The van der Waals surface area contributed by atoms with Crippen molar-refractivity contribution in [1.29, 1.82) is 0 Å². The number of carbonyl (C=O) groups is 2. The summed E-state index contributed by atoms with van der Waals surface area (Å²) in [5, 5.41) is 5.90. The van der Waals surface area contributed by atoms with Crippen LogP contribution in [0.25, 0.3) is 0 Å². The largest absolute Gasteiger partial charge is 0.352 e. The molecule has 2 aromatic rings. The van der Waals surface area contributed by atoms with Crippen LogP contribution in [0.15, 0.2) is 42.5 Å². The number of hydrogen-bond donors (Lipinski definition) is 2. The van der Waals surface area contributed by atoms with Gasteiger partial charge in [-0.1, -0.05) is 51.5 Å². The lowest BCUT2D eigenvalue weighted by Crippen LogP contribution is -2.24. The zero-order valence-electron chi connectivity index (χ0n) is 16.1. The SMILES string of the molecule is CCCCNC(=O)c1cccc(C(=O)Nc2c(C)cccc2C(C)C)c1. The summed E-state index contributed by atoms with van der Waals surface area (Å²) in [6.07, 6.45) is 1.97. The van der Waals surface area contributed by atoms with E-state index in [2.05, 4.69) is 31.4 Å². The molecule has 0 heterocycles. The smallest absolute Gasteiger partial charge is 0.255 e. The highest BCUT2D eigenvalue weighted by Crippen LogP contribution is 2.27. The molecule has 0 unspecified atom stereocenters. The van der Waals surface area contributed by atoms with E-state index in [1.54, 1.807) is 24.3 Å². The molecule has 0 aromatic heterocycles. The minimum Gasteiger partial charge on any atom is -0.352 e. The molecule has 2 N–H and O–H groups in total. The minimum absolute atomic E-state index is 0.146. The van der Waals surface area contributed by atoms with Gasteiger partial charge in [0.25, 0.3) is 11.8 Å². The Hall–Kier alpha value is -2.62. The van der Waals surface area contributed by atoms with Crippen molar-refractivity contribution >= 4 is 17.5 Å². The second kappa shape index (κ2) is 9.18. The lowest BCUT2D eigenvalue weighted by Gasteiger charge is -2.16. The maximum atomic E-state index is 12.7. The molecular formula is C22H28N2O2. The van der Waals surface area contributed by atoms with Crippen molar-refractivity contribution in [1.82, 2.24) is 5.32 Å². The number of anilines is 1. The van der Waals surface area contributed by atoms with Gasteiger partial charge in [0, 0.05) is 23.4 Å². The Kier molecular flexibility index (Phi) is 6.96. The maximum absolute atomic E-state index is 12.7. The number of hydrogen-bond acceptors (Lipinski definition) is 2. The second-order valence-electron chi connectivity index (χ2n) is 6.84. The molecule has 4 heteroatoms. The number of nitrogens with one attached hydrogen (secondary N) is 2. The number of unbranched alkanes of at least 4 members (excludes halogenated alkanes) is 1. The molecule has 2 aromatic carbocycles. The van der Waals surface area contributed by atoms with E-state index in [1.165, 1.54) is 0 Å². The van der Waals surface area contributed by atoms with E-state index in [-0.39, 0.29) is 11.8 Å². The minimum atomic E-state index is -0.204. The standard InChI is InChI=1S/C22H28N2O2/c1-5-6-13-23-21(25)17-10-8-11-18(14-17)22(26)24-20-16(4)9-7-12-19(20)15(2)3/h7-12,14-15H,5-6,13H2,1-4H3,(H,23,25)(H,24,26). The molecule has 0 aliphatic heterocycles. The van der Waals surface area contributed by atoms with E-state index in [9.17, 15) is 9.59 Å². The third-order valence-corrected chi connectivity index (χ3v) is 4.37. The van der Waals surface area contributed by atoms with Crippen molar-refractivity contribution in [2.75, 3.05) is 11.9 Å². The Labute approximate surface area is 156 Å². The summed E-state index contributed by atoms with van der Waals surface area (Å²) in [5.74, 6) is -0.0443. The molecule has 0 saturated carbocycles. The van der Waals surface area contributed by atoms with Crippen molar-refractivity contribution in [2.45, 2.75) is 46.5 Å². The Balaban J connectivity index is 2.19. The highest BCUT2D eigenvalue weighted by Gasteiger charge is 2.14. The van der Waals surface area contributed by atoms with Crippen LogP contribution in [0.3, 0.4) is 0 Å². The molecule has 138 valence electrons. The fourth-order valence-electron chi connectivity index (χ4n) is 2.81. The monoisotopic (exact) mass is 352 g/mol. The molecule has 0 fully saturated rings. The van der Waals surface area contributed by atoms with Gasteiger partial charge in [0.2, 0.25) is 0 Å². The first kappa shape index (κ1) is 19.7. The number of benzene rings is 2. The topological polar surface area (TPSA) is 58.2 Å². The Morgan fingerprint density at radius 2 is 1.65 bits per heavy atom. The van der Waals surface area contributed by atoms with Crippen molar-refractivity contribution < 1.29 is 9.59 Å². The first-order chi connectivity index (χ1) is 12.4. The predicted octanol–water partition coefficient (Wildman–Crippen LogP) is 4.90. The molecule has 0 aliphatic carbocycles. The number of rotatable bonds is 7. The average molecular weight is 352 g/mol. The van der Waals surface area contributed by atoms with E-state index in [0.717, 1.165) is 29.7 Å². The molecule has 0 bridgehead atoms. The third kappa shape index (κ3) is 4.94. The zero-order valence-corrected chi connectivity index (χ0v) is 16.1. The van der Waals surface area contributed by atoms with Gasteiger partial charge >= 0.3 is 0 Å². The lowest BCUT2D eigenvalue weighted by atomic mass is 9.98. The molecule has 0 aliphatic rings. The van der Waals surface area contributed by atoms with Crippen LogP contribution in [-0.2, 0) is 0 Å². The Morgan fingerprint density at radius 3 is 2.31 bits per heavy atom. The van der Waals surface area contributed by atoms with Gasteiger partial charge in [-0.3, -0.25) is 9.59 Å². The summed E-state index contributed by atoms with van der Waals surface area (Å²) in [4.78, 5) is 24.9. The molecule has 26 heavy (non-hydrogen) atoms. The van der Waals surface area contributed by atoms with Gasteiger partial charge in [0.1, 0.15) is 0 Å². The second-order valence-corrected chi connectivity index (χ2v) is 6.84. The van der Waals surface area contributed by atoms with Crippen molar-refractivity contribution in [2.24, 2.45) is 0 Å². The highest BCUT2D eigenvalue weighted by molar-refractivity contribution is 6.06. The van der Waals surface area contributed by atoms with Gasteiger partial charge in [-0.15, -0.1) is 0 Å². The fraction of sp³-hybridized carbons (Fsp3) is 0.364. The van der Waals surface area contributed by atoms with Gasteiger partial charge in [-0.2, -0.15) is 0 Å². The number of para-hydroxylation sites is 1. The van der Waals surface area contributed by atoms with Gasteiger partial charge in [0.05, 0.1) is 0 Å². The van der Waals surface area contributed by atoms with E-state index in [0.29, 0.717) is 23.6 Å². The molecular weight excluding hydrogens is 324 g/mol. The number of carbonyl (C=O) groups excluding carboxylic acids is 2. The molecule has 0 spiro atoms. The van der Waals surface area contributed by atoms with Gasteiger partial charge in [0.15, 0.2) is 0 Å². The quantitative estimate of drug-likeness (QED) is 0.696. The first-order valence-corrected chi connectivity index (χ1v) is 9.23. The molecule has 0 radical (unpaired) electrons. The summed E-state index contributed by atoms with van der Waals surface area (Å²) >= 11 is 0. The number of aryl methyl sites for hydroxylation is 1. The lowest BCUT2D eigenvalue weighted by molar-refractivity contribution is 0.0953. The van der Waals surface area contributed by atoms with Gasteiger partial charge in [-0.05, 0) is 48.6 Å². The van der Waals surface area contributed by atoms with Gasteiger partial charge in [-0.25, -0.2) is 0 Å². The fourth-order valence-corrected chi connectivity index (χ4v) is 2.81. The summed E-state index contributed by atoms with van der Waals surface area (Å²) < 4.78 is 0. The molecule has 4 nitrogen and oxygen atoms in total. The third-order valence-electron chi connectivity index (χ3n) is 4.37. The molecule has 0 saturated heterocycles. The molecule has 0 atom stereocenters. The van der Waals surface area contributed by atoms with E-state index >= 15 is 0 Å². The normalized spacial score (nSPS) is 10.7. The molecule has 2 rings (SSSR count). The van der Waals surface area contributed by atoms with E-state index in [1.807, 2.05) is 25.1 Å². The first-order valence-electron chi connectivity index (χ1n) is 9.23. The van der Waals surface area contributed by atoms with Crippen LogP contribution in [-0.4, -0.2) is 18.4 Å². The van der Waals surface area contributed by atoms with Gasteiger partial charge < -0.3 is 10.6 Å². The van der Waals surface area contributed by atoms with Crippen LogP contribution in [0.5, 0.6) is 0 Å². The predicted molar refractivity (Wildman–Crippen MR) is 107 cm³/mol. The number of amides is 2. The van der Waals surface area contributed by atoms with Crippen LogP contribution < -0.4 is 10.6 Å².